The second-order valence-corrected chi connectivity index (χ2v) is 17.4. The van der Waals surface area contributed by atoms with Crippen molar-refractivity contribution in [1.29, 1.82) is 0 Å². The first kappa shape index (κ1) is 32.2. The first-order valence-corrected chi connectivity index (χ1v) is 18.3. The lowest BCUT2D eigenvalue weighted by Crippen LogP contribution is -2.61. The molecule has 1 aromatic heterocycles. The van der Waals surface area contributed by atoms with Crippen LogP contribution in [0.4, 0.5) is 18.9 Å². The molecule has 0 spiro atoms. The molecule has 234 valence electrons. The monoisotopic (exact) mass is 620 g/mol. The van der Waals surface area contributed by atoms with Crippen LogP contribution in [0.2, 0.25) is 18.1 Å². The smallest absolute Gasteiger partial charge is 0.403 e. The van der Waals surface area contributed by atoms with Crippen LogP contribution >= 0.6 is 0 Å². The van der Waals surface area contributed by atoms with Gasteiger partial charge in [0, 0.05) is 17.2 Å². The first-order valence-electron chi connectivity index (χ1n) is 15.8. The zero-order valence-electron chi connectivity index (χ0n) is 26.4. The van der Waals surface area contributed by atoms with Crippen LogP contribution in [0.5, 0.6) is 0 Å². The number of halogens is 3. The SMILES string of the molecule is CC[Si](CC)(CC)O[C@]1(C(F)(F)F)CC[C@@]2(Cc3ccccc3)c3ccc(C(=O)Nc4cccnc4C)cc3C(C)=C[C@@H]2C1. The fraction of sp³-hybridized carbons (Fsp3) is 0.444. The van der Waals surface area contributed by atoms with Gasteiger partial charge in [0.15, 0.2) is 13.9 Å². The van der Waals surface area contributed by atoms with Crippen molar-refractivity contribution in [2.45, 2.75) is 95.6 Å². The van der Waals surface area contributed by atoms with Crippen molar-refractivity contribution < 1.29 is 22.4 Å². The number of aromatic nitrogens is 1. The number of hydrogen-bond acceptors (Lipinski definition) is 3. The van der Waals surface area contributed by atoms with E-state index >= 15 is 13.2 Å². The quantitative estimate of drug-likeness (QED) is 0.242. The minimum atomic E-state index is -4.47. The lowest BCUT2D eigenvalue weighted by atomic mass is 9.53. The maximum Gasteiger partial charge on any atom is 0.416 e. The Kier molecular flexibility index (Phi) is 8.98. The molecule has 3 aromatic rings. The molecule has 4 nitrogen and oxygen atoms in total. The Hall–Kier alpha value is -3.23. The highest BCUT2D eigenvalue weighted by atomic mass is 28.4. The van der Waals surface area contributed by atoms with Gasteiger partial charge in [-0.2, -0.15) is 13.2 Å². The predicted octanol–water partition coefficient (Wildman–Crippen LogP) is 9.66. The molecular formula is C36H43F3N2O2Si. The molecule has 0 radical (unpaired) electrons. The number of alkyl halides is 3. The van der Waals surface area contributed by atoms with Crippen LogP contribution in [0, 0.1) is 12.8 Å². The van der Waals surface area contributed by atoms with Crippen LogP contribution in [0.25, 0.3) is 5.57 Å². The number of nitrogens with zero attached hydrogens (tertiary/aromatic N) is 1. The van der Waals surface area contributed by atoms with Crippen molar-refractivity contribution in [2.75, 3.05) is 5.32 Å². The highest BCUT2D eigenvalue weighted by Crippen LogP contribution is 2.59. The molecule has 1 amide bonds. The molecule has 44 heavy (non-hydrogen) atoms. The maximum absolute atomic E-state index is 15.2. The third-order valence-electron chi connectivity index (χ3n) is 10.4. The summed E-state index contributed by atoms with van der Waals surface area (Å²) in [6.07, 6.45) is 0.0118. The summed E-state index contributed by atoms with van der Waals surface area (Å²) in [7, 11) is -2.58. The average Bonchev–Trinajstić information content (AvgIpc) is 3.01. The molecule has 2 aliphatic carbocycles. The molecule has 0 bridgehead atoms. The zero-order chi connectivity index (χ0) is 31.8. The fourth-order valence-corrected chi connectivity index (χ4v) is 10.6. The number of amides is 1. The molecular weight excluding hydrogens is 577 g/mol. The van der Waals surface area contributed by atoms with Gasteiger partial charge in [-0.05, 0) is 110 Å². The van der Waals surface area contributed by atoms with Gasteiger partial charge in [-0.3, -0.25) is 9.78 Å². The second kappa shape index (κ2) is 12.3. The van der Waals surface area contributed by atoms with Crippen LogP contribution in [-0.2, 0) is 16.3 Å². The number of hydrogen-bond donors (Lipinski definition) is 1. The van der Waals surface area contributed by atoms with Crippen LogP contribution in [0.1, 0.15) is 79.7 Å². The van der Waals surface area contributed by atoms with Gasteiger partial charge >= 0.3 is 6.18 Å². The molecule has 1 N–H and O–H groups in total. The Labute approximate surface area is 260 Å². The van der Waals surface area contributed by atoms with E-state index in [2.05, 4.69) is 22.4 Å². The van der Waals surface area contributed by atoms with E-state index in [1.54, 1.807) is 12.3 Å². The highest BCUT2D eigenvalue weighted by Gasteiger charge is 2.64. The minimum Gasteiger partial charge on any atom is -0.403 e. The van der Waals surface area contributed by atoms with Gasteiger partial charge in [0.05, 0.1) is 11.4 Å². The summed E-state index contributed by atoms with van der Waals surface area (Å²) < 4.78 is 52.1. The molecule has 0 aliphatic heterocycles. The van der Waals surface area contributed by atoms with Crippen molar-refractivity contribution in [1.82, 2.24) is 4.98 Å². The Balaban J connectivity index is 1.58. The van der Waals surface area contributed by atoms with E-state index in [1.165, 1.54) is 0 Å². The van der Waals surface area contributed by atoms with E-state index in [0.29, 0.717) is 42.2 Å². The summed E-state index contributed by atoms with van der Waals surface area (Å²) in [5.74, 6) is -0.621. The van der Waals surface area contributed by atoms with Crippen LogP contribution in [0.3, 0.4) is 0 Å². The van der Waals surface area contributed by atoms with Gasteiger partial charge in [0.1, 0.15) is 0 Å². The zero-order valence-corrected chi connectivity index (χ0v) is 27.4. The standard InChI is InChI=1S/C36H43F3N2O2Si/c1-6-44(7-2,8-3)43-35(36(37,38)39)19-18-34(23-27-13-10-9-11-14-27)29(24-35)21-25(4)30-22-28(16-17-31(30)34)33(42)41-32-15-12-20-40-26(32)5/h9-17,20-22,29H,6-8,18-19,23-24H2,1-5H3,(H,41,42)/t29-,34+,35-/m1/s1. The van der Waals surface area contributed by atoms with Gasteiger partial charge in [0.25, 0.3) is 5.91 Å². The summed E-state index contributed by atoms with van der Waals surface area (Å²) in [5.41, 5.74) is 3.06. The third-order valence-corrected chi connectivity index (χ3v) is 15.1. The molecule has 1 fully saturated rings. The van der Waals surface area contributed by atoms with E-state index in [9.17, 15) is 4.79 Å². The van der Waals surface area contributed by atoms with Gasteiger partial charge in [0.2, 0.25) is 0 Å². The van der Waals surface area contributed by atoms with E-state index in [4.69, 9.17) is 4.43 Å². The Bertz CT molecular complexity index is 1530. The van der Waals surface area contributed by atoms with Crippen molar-refractivity contribution in [3.63, 3.8) is 0 Å². The summed E-state index contributed by atoms with van der Waals surface area (Å²) in [6, 6.07) is 21.3. The number of nitrogens with one attached hydrogen (secondary N) is 1. The number of rotatable bonds is 9. The van der Waals surface area contributed by atoms with E-state index < -0.39 is 25.5 Å². The number of benzene rings is 2. The lowest BCUT2D eigenvalue weighted by molar-refractivity contribution is -0.269. The van der Waals surface area contributed by atoms with Gasteiger partial charge < -0.3 is 9.74 Å². The summed E-state index contributed by atoms with van der Waals surface area (Å²) in [6.45, 7) is 9.74. The number of pyridine rings is 1. The summed E-state index contributed by atoms with van der Waals surface area (Å²) in [4.78, 5) is 17.6. The maximum atomic E-state index is 15.2. The number of carbonyl (C=O) groups is 1. The fourth-order valence-electron chi connectivity index (χ4n) is 7.53. The van der Waals surface area contributed by atoms with Crippen LogP contribution in [0.15, 0.2) is 72.9 Å². The Morgan fingerprint density at radius 3 is 2.34 bits per heavy atom. The lowest BCUT2D eigenvalue weighted by Gasteiger charge is -2.55. The normalized spacial score (nSPS) is 23.4. The van der Waals surface area contributed by atoms with Crippen molar-refractivity contribution in [3.8, 4) is 0 Å². The minimum absolute atomic E-state index is 0.0799. The molecule has 8 heteroatoms. The van der Waals surface area contributed by atoms with Crippen LogP contribution in [-0.4, -0.2) is 31.0 Å². The van der Waals surface area contributed by atoms with Crippen molar-refractivity contribution >= 4 is 25.5 Å². The molecule has 1 heterocycles. The molecule has 5 rings (SSSR count). The molecule has 1 saturated carbocycles. The van der Waals surface area contributed by atoms with Gasteiger partial charge in [-0.25, -0.2) is 0 Å². The molecule has 2 aromatic carbocycles. The molecule has 0 saturated heterocycles. The summed E-state index contributed by atoms with van der Waals surface area (Å²) >= 11 is 0. The first-order chi connectivity index (χ1) is 20.9. The highest BCUT2D eigenvalue weighted by molar-refractivity contribution is 6.73. The number of anilines is 1. The van der Waals surface area contributed by atoms with E-state index in [-0.39, 0.29) is 24.7 Å². The van der Waals surface area contributed by atoms with E-state index in [0.717, 1.165) is 28.0 Å². The van der Waals surface area contributed by atoms with Crippen molar-refractivity contribution in [3.05, 3.63) is 101 Å². The predicted molar refractivity (Wildman–Crippen MR) is 173 cm³/mol. The molecule has 2 aliphatic rings. The largest absolute Gasteiger partial charge is 0.416 e. The molecule has 3 atom stereocenters. The average molecular weight is 621 g/mol. The summed E-state index contributed by atoms with van der Waals surface area (Å²) in [5, 5.41) is 2.96. The third kappa shape index (κ3) is 5.78. The van der Waals surface area contributed by atoms with Gasteiger partial charge in [-0.1, -0.05) is 63.2 Å². The number of allylic oxidation sites excluding steroid dienone is 2. The molecule has 0 unspecified atom stereocenters. The number of carbonyl (C=O) groups excluding carboxylic acids is 1. The Morgan fingerprint density at radius 2 is 1.70 bits per heavy atom. The Morgan fingerprint density at radius 1 is 1.00 bits per heavy atom. The number of fused-ring (bicyclic) bond motifs is 3. The topological polar surface area (TPSA) is 51.2 Å². The number of aryl methyl sites for hydroxylation is 1. The van der Waals surface area contributed by atoms with E-state index in [1.807, 2.05) is 83.2 Å². The van der Waals surface area contributed by atoms with Gasteiger partial charge in [-0.15, -0.1) is 0 Å². The van der Waals surface area contributed by atoms with Crippen LogP contribution < -0.4 is 5.32 Å². The second-order valence-electron chi connectivity index (χ2n) is 12.7. The van der Waals surface area contributed by atoms with Crippen molar-refractivity contribution in [2.24, 2.45) is 5.92 Å².